The number of fused-ring (bicyclic) bond motifs is 3. The minimum atomic E-state index is 1.11. The summed E-state index contributed by atoms with van der Waals surface area (Å²) in [7, 11) is 0. The largest absolute Gasteiger partial charge is 0.0614 e. The van der Waals surface area contributed by atoms with Crippen molar-refractivity contribution in [1.29, 1.82) is 0 Å². The van der Waals surface area contributed by atoms with Crippen molar-refractivity contribution >= 4 is 22.6 Å². The molecule has 1 heteroatoms. The molecular weight excluding hydrogens is 295 g/mol. The molecule has 0 aromatic heterocycles. The van der Waals surface area contributed by atoms with E-state index in [1.165, 1.54) is 31.4 Å². The lowest BCUT2D eigenvalue weighted by Crippen LogP contribution is -1.86. The normalized spacial score (nSPS) is 12.4. The molecule has 0 aliphatic heterocycles. The molecule has 2 aromatic rings. The first kappa shape index (κ1) is 9.40. The van der Waals surface area contributed by atoms with Gasteiger partial charge in [-0.05, 0) is 69.8 Å². The van der Waals surface area contributed by atoms with Crippen LogP contribution >= 0.6 is 22.6 Å². The Balaban J connectivity index is 2.33. The van der Waals surface area contributed by atoms with Gasteiger partial charge in [0.05, 0.1) is 0 Å². The number of hydrogen-bond acceptors (Lipinski definition) is 0. The summed E-state index contributed by atoms with van der Waals surface area (Å²) in [5.74, 6) is 0. The maximum Gasteiger partial charge on any atom is 0.0171 e. The number of benzene rings is 2. The van der Waals surface area contributed by atoms with E-state index in [9.17, 15) is 0 Å². The van der Waals surface area contributed by atoms with Crippen LogP contribution in [0.15, 0.2) is 36.4 Å². The SMILES string of the molecule is Cc1cccc2c1Cc1c(I)cccc1-2. The Kier molecular flexibility index (Phi) is 2.09. The molecule has 0 atom stereocenters. The Morgan fingerprint density at radius 1 is 0.933 bits per heavy atom. The number of hydrogen-bond donors (Lipinski definition) is 0. The second-order valence-electron chi connectivity index (χ2n) is 4.04. The summed E-state index contributed by atoms with van der Waals surface area (Å²) in [6.07, 6.45) is 1.11. The van der Waals surface area contributed by atoms with E-state index < -0.39 is 0 Å². The van der Waals surface area contributed by atoms with Gasteiger partial charge in [-0.3, -0.25) is 0 Å². The first-order valence-electron chi connectivity index (χ1n) is 5.13. The topological polar surface area (TPSA) is 0 Å². The first-order valence-corrected chi connectivity index (χ1v) is 6.21. The molecule has 0 amide bonds. The van der Waals surface area contributed by atoms with Crippen LogP contribution in [0.3, 0.4) is 0 Å². The summed E-state index contributed by atoms with van der Waals surface area (Å²) in [6, 6.07) is 13.2. The van der Waals surface area contributed by atoms with Crippen LogP contribution in [0.1, 0.15) is 16.7 Å². The van der Waals surface area contributed by atoms with Crippen molar-refractivity contribution < 1.29 is 0 Å². The Bertz CT molecular complexity index is 492. The molecule has 0 fully saturated rings. The van der Waals surface area contributed by atoms with Gasteiger partial charge in [-0.1, -0.05) is 30.3 Å². The Morgan fingerprint density at radius 2 is 1.60 bits per heavy atom. The van der Waals surface area contributed by atoms with Crippen LogP contribution in [0.4, 0.5) is 0 Å². The van der Waals surface area contributed by atoms with Crippen molar-refractivity contribution in [2.45, 2.75) is 13.3 Å². The van der Waals surface area contributed by atoms with Crippen LogP contribution in [0, 0.1) is 10.5 Å². The van der Waals surface area contributed by atoms with Crippen molar-refractivity contribution in [2.24, 2.45) is 0 Å². The maximum absolute atomic E-state index is 2.44. The van der Waals surface area contributed by atoms with Gasteiger partial charge < -0.3 is 0 Å². The lowest BCUT2D eigenvalue weighted by atomic mass is 10.0. The minimum absolute atomic E-state index is 1.11. The lowest BCUT2D eigenvalue weighted by molar-refractivity contribution is 1.20. The van der Waals surface area contributed by atoms with E-state index in [0.717, 1.165) is 6.42 Å². The molecule has 0 saturated carbocycles. The molecule has 1 aliphatic rings. The summed E-state index contributed by atoms with van der Waals surface area (Å²) in [4.78, 5) is 0. The van der Waals surface area contributed by atoms with Crippen molar-refractivity contribution in [3.8, 4) is 11.1 Å². The van der Waals surface area contributed by atoms with Crippen LogP contribution in [-0.2, 0) is 6.42 Å². The van der Waals surface area contributed by atoms with Gasteiger partial charge in [-0.2, -0.15) is 0 Å². The zero-order chi connectivity index (χ0) is 10.4. The number of aryl methyl sites for hydroxylation is 1. The smallest absolute Gasteiger partial charge is 0.0171 e. The molecule has 0 N–H and O–H groups in total. The molecule has 0 radical (unpaired) electrons. The maximum atomic E-state index is 2.44. The molecule has 0 spiro atoms. The second kappa shape index (κ2) is 3.34. The molecule has 74 valence electrons. The van der Waals surface area contributed by atoms with Gasteiger partial charge in [0.15, 0.2) is 0 Å². The van der Waals surface area contributed by atoms with E-state index in [0.29, 0.717) is 0 Å². The number of halogens is 1. The predicted molar refractivity (Wildman–Crippen MR) is 72.1 cm³/mol. The highest BCUT2D eigenvalue weighted by molar-refractivity contribution is 14.1. The van der Waals surface area contributed by atoms with E-state index in [4.69, 9.17) is 0 Å². The van der Waals surface area contributed by atoms with E-state index in [2.05, 4.69) is 65.9 Å². The highest BCUT2D eigenvalue weighted by Crippen LogP contribution is 2.39. The quantitative estimate of drug-likeness (QED) is 0.547. The number of rotatable bonds is 0. The fourth-order valence-electron chi connectivity index (χ4n) is 2.36. The molecule has 0 unspecified atom stereocenters. The fourth-order valence-corrected chi connectivity index (χ4v) is 3.05. The Morgan fingerprint density at radius 3 is 2.40 bits per heavy atom. The Labute approximate surface area is 103 Å². The third kappa shape index (κ3) is 1.33. The summed E-state index contributed by atoms with van der Waals surface area (Å²) < 4.78 is 1.39. The van der Waals surface area contributed by atoms with E-state index in [-0.39, 0.29) is 0 Å². The van der Waals surface area contributed by atoms with Crippen LogP contribution in [-0.4, -0.2) is 0 Å². The third-order valence-electron chi connectivity index (χ3n) is 3.17. The van der Waals surface area contributed by atoms with Crippen LogP contribution in [0.25, 0.3) is 11.1 Å². The van der Waals surface area contributed by atoms with Crippen LogP contribution in [0.2, 0.25) is 0 Å². The lowest BCUT2D eigenvalue weighted by Gasteiger charge is -2.02. The molecular formula is C14H11I. The molecule has 0 heterocycles. The van der Waals surface area contributed by atoms with Gasteiger partial charge in [0.1, 0.15) is 0 Å². The van der Waals surface area contributed by atoms with Gasteiger partial charge in [-0.15, -0.1) is 0 Å². The molecule has 0 saturated heterocycles. The van der Waals surface area contributed by atoms with Crippen molar-refractivity contribution in [2.75, 3.05) is 0 Å². The predicted octanol–water partition coefficient (Wildman–Crippen LogP) is 4.17. The van der Waals surface area contributed by atoms with Gasteiger partial charge in [0.2, 0.25) is 0 Å². The monoisotopic (exact) mass is 306 g/mol. The molecule has 3 rings (SSSR count). The van der Waals surface area contributed by atoms with Crippen LogP contribution < -0.4 is 0 Å². The van der Waals surface area contributed by atoms with E-state index >= 15 is 0 Å². The fraction of sp³-hybridized carbons (Fsp3) is 0.143. The summed E-state index contributed by atoms with van der Waals surface area (Å²) in [5, 5.41) is 0. The van der Waals surface area contributed by atoms with Crippen molar-refractivity contribution in [1.82, 2.24) is 0 Å². The van der Waals surface area contributed by atoms with Crippen molar-refractivity contribution in [3.05, 3.63) is 56.7 Å². The van der Waals surface area contributed by atoms with Gasteiger partial charge in [-0.25, -0.2) is 0 Å². The van der Waals surface area contributed by atoms with Gasteiger partial charge in [0.25, 0.3) is 0 Å². The minimum Gasteiger partial charge on any atom is -0.0614 e. The summed E-state index contributed by atoms with van der Waals surface area (Å²) in [5.41, 5.74) is 7.29. The molecule has 0 bridgehead atoms. The average Bonchev–Trinajstić information content (AvgIpc) is 2.60. The molecule has 15 heavy (non-hydrogen) atoms. The van der Waals surface area contributed by atoms with E-state index in [1.807, 2.05) is 0 Å². The zero-order valence-corrected chi connectivity index (χ0v) is 10.7. The molecule has 1 aliphatic carbocycles. The first-order chi connectivity index (χ1) is 7.27. The summed E-state index contributed by atoms with van der Waals surface area (Å²) in [6.45, 7) is 2.21. The molecule has 0 nitrogen and oxygen atoms in total. The average molecular weight is 306 g/mol. The summed E-state index contributed by atoms with van der Waals surface area (Å²) >= 11 is 2.44. The highest BCUT2D eigenvalue weighted by Gasteiger charge is 2.20. The van der Waals surface area contributed by atoms with Crippen molar-refractivity contribution in [3.63, 3.8) is 0 Å². The van der Waals surface area contributed by atoms with E-state index in [1.54, 1.807) is 0 Å². The Hall–Kier alpha value is -0.830. The third-order valence-corrected chi connectivity index (χ3v) is 4.18. The van der Waals surface area contributed by atoms with Crippen LogP contribution in [0.5, 0.6) is 0 Å². The molecule has 2 aromatic carbocycles. The van der Waals surface area contributed by atoms with Gasteiger partial charge in [0, 0.05) is 3.57 Å². The highest BCUT2D eigenvalue weighted by atomic mass is 127. The standard InChI is InChI=1S/C14H11I/c1-9-4-2-5-10-11-6-3-7-14(15)13(11)8-12(9)10/h2-7H,8H2,1H3. The van der Waals surface area contributed by atoms with Gasteiger partial charge >= 0.3 is 0 Å². The zero-order valence-electron chi connectivity index (χ0n) is 8.55. The second-order valence-corrected chi connectivity index (χ2v) is 5.21.